The van der Waals surface area contributed by atoms with Crippen LogP contribution in [0.1, 0.15) is 39.9 Å². The average Bonchev–Trinajstić information content (AvgIpc) is 3.14. The van der Waals surface area contributed by atoms with E-state index < -0.39 is 17.8 Å². The number of imide groups is 1. The number of hydrogen-bond acceptors (Lipinski definition) is 5. The van der Waals surface area contributed by atoms with Crippen molar-refractivity contribution in [3.8, 4) is 12.3 Å². The molecule has 1 atom stereocenters. The summed E-state index contributed by atoms with van der Waals surface area (Å²) in [4.78, 5) is 42.3. The molecule has 34 heavy (non-hydrogen) atoms. The van der Waals surface area contributed by atoms with Crippen LogP contribution in [0.15, 0.2) is 36.4 Å². The molecular formula is C26H25FN4O3. The van der Waals surface area contributed by atoms with Crippen molar-refractivity contribution >= 4 is 23.4 Å². The van der Waals surface area contributed by atoms with Crippen LogP contribution in [0.3, 0.4) is 0 Å². The van der Waals surface area contributed by atoms with Gasteiger partial charge < -0.3 is 9.80 Å². The van der Waals surface area contributed by atoms with E-state index in [9.17, 15) is 14.4 Å². The lowest BCUT2D eigenvalue weighted by Crippen LogP contribution is -2.52. The highest BCUT2D eigenvalue weighted by molar-refractivity contribution is 6.05. The summed E-state index contributed by atoms with van der Waals surface area (Å²) in [5, 5.41) is 2.29. The Morgan fingerprint density at radius 3 is 2.62 bits per heavy atom. The van der Waals surface area contributed by atoms with Gasteiger partial charge in [0.15, 0.2) is 0 Å². The maximum absolute atomic E-state index is 15.1. The van der Waals surface area contributed by atoms with Crippen molar-refractivity contribution in [3.63, 3.8) is 0 Å². The summed E-state index contributed by atoms with van der Waals surface area (Å²) < 4.78 is 15.1. The number of piperidine rings is 1. The van der Waals surface area contributed by atoms with E-state index in [0.29, 0.717) is 24.3 Å². The Bertz CT molecular complexity index is 1210. The minimum Gasteiger partial charge on any atom is -0.367 e. The van der Waals surface area contributed by atoms with E-state index >= 15 is 4.39 Å². The van der Waals surface area contributed by atoms with Crippen LogP contribution in [-0.4, -0.2) is 59.7 Å². The van der Waals surface area contributed by atoms with Gasteiger partial charge >= 0.3 is 0 Å². The van der Waals surface area contributed by atoms with Gasteiger partial charge in [-0.25, -0.2) is 4.39 Å². The van der Waals surface area contributed by atoms with E-state index in [1.807, 2.05) is 23.1 Å². The number of carbonyl (C=O) groups is 3. The largest absolute Gasteiger partial charge is 0.367 e. The Hall–Kier alpha value is -3.70. The van der Waals surface area contributed by atoms with Gasteiger partial charge in [0.1, 0.15) is 11.9 Å². The van der Waals surface area contributed by atoms with Gasteiger partial charge in [0, 0.05) is 56.8 Å². The molecule has 3 aliphatic rings. The number of terminal acetylenes is 1. The smallest absolute Gasteiger partial charge is 0.255 e. The second-order valence-electron chi connectivity index (χ2n) is 8.97. The molecule has 1 unspecified atom stereocenters. The van der Waals surface area contributed by atoms with Crippen LogP contribution in [-0.2, 0) is 22.7 Å². The first-order valence-electron chi connectivity index (χ1n) is 11.4. The Kier molecular flexibility index (Phi) is 5.80. The monoisotopic (exact) mass is 460 g/mol. The Morgan fingerprint density at radius 1 is 1.09 bits per heavy atom. The molecule has 0 aromatic heterocycles. The van der Waals surface area contributed by atoms with E-state index in [-0.39, 0.29) is 36.8 Å². The van der Waals surface area contributed by atoms with Crippen molar-refractivity contribution in [3.05, 3.63) is 64.5 Å². The first-order chi connectivity index (χ1) is 16.4. The molecule has 8 heteroatoms. The Morgan fingerprint density at radius 2 is 1.88 bits per heavy atom. The fourth-order valence-corrected chi connectivity index (χ4v) is 4.98. The molecule has 2 saturated heterocycles. The molecule has 2 aromatic rings. The summed E-state index contributed by atoms with van der Waals surface area (Å²) in [6.45, 7) is 3.89. The lowest BCUT2D eigenvalue weighted by atomic mass is 10.0. The number of benzene rings is 2. The predicted molar refractivity (Wildman–Crippen MR) is 124 cm³/mol. The first kappa shape index (κ1) is 22.1. The van der Waals surface area contributed by atoms with Crippen molar-refractivity contribution in [2.24, 2.45) is 0 Å². The third-order valence-electron chi connectivity index (χ3n) is 6.80. The fourth-order valence-electron chi connectivity index (χ4n) is 4.98. The van der Waals surface area contributed by atoms with Crippen LogP contribution in [0.25, 0.3) is 0 Å². The number of nitrogens with zero attached hydrogens (tertiary/aromatic N) is 3. The highest BCUT2D eigenvalue weighted by Crippen LogP contribution is 2.33. The number of hydrogen-bond donors (Lipinski definition) is 1. The zero-order valence-corrected chi connectivity index (χ0v) is 18.7. The number of rotatable bonds is 4. The molecular weight excluding hydrogens is 435 g/mol. The van der Waals surface area contributed by atoms with Gasteiger partial charge in [-0.2, -0.15) is 0 Å². The zero-order chi connectivity index (χ0) is 23.8. The number of amides is 3. The molecule has 0 spiro atoms. The summed E-state index contributed by atoms with van der Waals surface area (Å²) in [7, 11) is 0. The van der Waals surface area contributed by atoms with Gasteiger partial charge in [-0.15, -0.1) is 6.42 Å². The van der Waals surface area contributed by atoms with Crippen molar-refractivity contribution in [1.82, 2.24) is 15.1 Å². The molecule has 3 heterocycles. The Balaban J connectivity index is 1.26. The summed E-state index contributed by atoms with van der Waals surface area (Å²) in [5.74, 6) is 1.05. The van der Waals surface area contributed by atoms with Crippen molar-refractivity contribution in [1.29, 1.82) is 0 Å². The molecule has 0 saturated carbocycles. The molecule has 1 N–H and O–H groups in total. The second-order valence-corrected chi connectivity index (χ2v) is 8.97. The standard InChI is InChI=1S/C26H25FN4O3/c1-2-17-4-3-5-18(12-17)15-29-8-10-30(11-9-29)23-13-19-16-31(26(34)20(19)14-21(23)27)22-6-7-24(32)28-25(22)33/h1,3-5,12-14,22H,6-11,15-16H2,(H,28,32,33). The van der Waals surface area contributed by atoms with Gasteiger partial charge in [0.2, 0.25) is 11.8 Å². The lowest BCUT2D eigenvalue weighted by Gasteiger charge is -2.36. The van der Waals surface area contributed by atoms with Gasteiger partial charge in [-0.1, -0.05) is 18.1 Å². The van der Waals surface area contributed by atoms with Gasteiger partial charge in [-0.05, 0) is 41.8 Å². The molecule has 5 rings (SSSR count). The number of piperazine rings is 1. The number of fused-ring (bicyclic) bond motifs is 1. The molecule has 174 valence electrons. The maximum atomic E-state index is 15.1. The average molecular weight is 461 g/mol. The highest BCUT2D eigenvalue weighted by atomic mass is 19.1. The lowest BCUT2D eigenvalue weighted by molar-refractivity contribution is -0.136. The van der Waals surface area contributed by atoms with Crippen LogP contribution < -0.4 is 10.2 Å². The summed E-state index contributed by atoms with van der Waals surface area (Å²) >= 11 is 0. The third-order valence-corrected chi connectivity index (χ3v) is 6.80. The number of halogens is 1. The molecule has 7 nitrogen and oxygen atoms in total. The van der Waals surface area contributed by atoms with Gasteiger partial charge in [0.05, 0.1) is 5.69 Å². The fraction of sp³-hybridized carbons (Fsp3) is 0.346. The molecule has 0 bridgehead atoms. The van der Waals surface area contributed by atoms with E-state index in [4.69, 9.17) is 6.42 Å². The molecule has 2 aromatic carbocycles. The normalized spacial score (nSPS) is 20.8. The van der Waals surface area contributed by atoms with Crippen molar-refractivity contribution < 1.29 is 18.8 Å². The van der Waals surface area contributed by atoms with Crippen LogP contribution in [0.2, 0.25) is 0 Å². The van der Waals surface area contributed by atoms with Crippen LogP contribution >= 0.6 is 0 Å². The quantitative estimate of drug-likeness (QED) is 0.557. The van der Waals surface area contributed by atoms with E-state index in [1.54, 1.807) is 6.07 Å². The number of nitrogens with one attached hydrogen (secondary N) is 1. The van der Waals surface area contributed by atoms with E-state index in [1.165, 1.54) is 11.0 Å². The van der Waals surface area contributed by atoms with Crippen molar-refractivity contribution in [2.75, 3.05) is 31.1 Å². The molecule has 0 aliphatic carbocycles. The van der Waals surface area contributed by atoms with Gasteiger partial charge in [0.25, 0.3) is 5.91 Å². The minimum absolute atomic E-state index is 0.188. The summed E-state index contributed by atoms with van der Waals surface area (Å²) in [6.07, 6.45) is 5.97. The van der Waals surface area contributed by atoms with Crippen LogP contribution in [0.4, 0.5) is 10.1 Å². The first-order valence-corrected chi connectivity index (χ1v) is 11.4. The van der Waals surface area contributed by atoms with E-state index in [2.05, 4.69) is 22.2 Å². The number of carbonyl (C=O) groups excluding carboxylic acids is 3. The predicted octanol–water partition coefficient (Wildman–Crippen LogP) is 1.89. The highest BCUT2D eigenvalue weighted by Gasteiger charge is 2.39. The van der Waals surface area contributed by atoms with Crippen LogP contribution in [0.5, 0.6) is 0 Å². The summed E-state index contributed by atoms with van der Waals surface area (Å²) in [5.41, 5.74) is 3.49. The maximum Gasteiger partial charge on any atom is 0.255 e. The SMILES string of the molecule is C#Cc1cccc(CN2CCN(c3cc4c(cc3F)C(=O)N(C3CCC(=O)NC3=O)C4)CC2)c1. The minimum atomic E-state index is -0.708. The zero-order valence-electron chi connectivity index (χ0n) is 18.7. The van der Waals surface area contributed by atoms with Gasteiger partial charge in [-0.3, -0.25) is 24.6 Å². The van der Waals surface area contributed by atoms with Crippen molar-refractivity contribution in [2.45, 2.75) is 32.0 Å². The molecule has 2 fully saturated rings. The third kappa shape index (κ3) is 4.15. The summed E-state index contributed by atoms with van der Waals surface area (Å²) in [6, 6.07) is 10.2. The second kappa shape index (κ2) is 8.92. The topological polar surface area (TPSA) is 73.0 Å². The molecule has 3 aliphatic heterocycles. The molecule has 3 amide bonds. The molecule has 0 radical (unpaired) electrons. The Labute approximate surface area is 197 Å². The van der Waals surface area contributed by atoms with Crippen LogP contribution in [0, 0.1) is 18.2 Å². The van der Waals surface area contributed by atoms with E-state index in [0.717, 1.165) is 30.8 Å². The number of anilines is 1.